The van der Waals surface area contributed by atoms with Gasteiger partial charge in [0.25, 0.3) is 5.91 Å². The lowest BCUT2D eigenvalue weighted by molar-refractivity contribution is -0.137. The van der Waals surface area contributed by atoms with Gasteiger partial charge in [0.05, 0.1) is 11.2 Å². The molecule has 12 heteroatoms. The van der Waals surface area contributed by atoms with Gasteiger partial charge in [-0.05, 0) is 61.8 Å². The van der Waals surface area contributed by atoms with E-state index in [4.69, 9.17) is 10.8 Å². The Balaban J connectivity index is 1.46. The number of amides is 3. The predicted molar refractivity (Wildman–Crippen MR) is 166 cm³/mol. The largest absolute Gasteiger partial charge is 0.481 e. The van der Waals surface area contributed by atoms with E-state index in [-0.39, 0.29) is 31.4 Å². The van der Waals surface area contributed by atoms with Crippen molar-refractivity contribution < 1.29 is 32.7 Å². The molecule has 2 aromatic carbocycles. The van der Waals surface area contributed by atoms with Gasteiger partial charge in [-0.3, -0.25) is 19.2 Å². The first-order chi connectivity index (χ1) is 20.9. The van der Waals surface area contributed by atoms with Gasteiger partial charge in [-0.1, -0.05) is 67.8 Å². The van der Waals surface area contributed by atoms with E-state index in [1.54, 1.807) is 18.2 Å². The molecule has 2 aliphatic rings. The number of anilines is 1. The first-order valence-electron chi connectivity index (χ1n) is 14.9. The van der Waals surface area contributed by atoms with E-state index in [1.807, 2.05) is 29.0 Å². The van der Waals surface area contributed by atoms with Crippen LogP contribution < -0.4 is 20.1 Å². The topological polar surface area (TPSA) is 176 Å². The molecule has 1 saturated carbocycles. The van der Waals surface area contributed by atoms with Crippen LogP contribution in [-0.4, -0.2) is 48.3 Å². The number of unbranched alkanes of at least 4 members (excludes halogenated alkanes) is 4. The Kier molecular flexibility index (Phi) is 10.3. The number of nitrogens with zero attached hydrogens (tertiary/aromatic N) is 1. The van der Waals surface area contributed by atoms with Gasteiger partial charge in [0, 0.05) is 18.8 Å². The monoisotopic (exact) mass is 624 g/mol. The van der Waals surface area contributed by atoms with Gasteiger partial charge in [-0.2, -0.15) is 12.7 Å². The molecule has 0 heterocycles. The second kappa shape index (κ2) is 13.7. The molecule has 1 unspecified atom stereocenters. The van der Waals surface area contributed by atoms with Crippen LogP contribution in [-0.2, 0) is 42.2 Å². The maximum absolute atomic E-state index is 13.6. The fourth-order valence-corrected chi connectivity index (χ4v) is 7.00. The van der Waals surface area contributed by atoms with Gasteiger partial charge in [0.2, 0.25) is 11.8 Å². The average Bonchev–Trinajstić information content (AvgIpc) is 3.71. The first kappa shape index (κ1) is 32.9. The molecule has 0 bridgehead atoms. The Bertz CT molecular complexity index is 1510. The van der Waals surface area contributed by atoms with Gasteiger partial charge in [0.15, 0.2) is 0 Å². The van der Waals surface area contributed by atoms with Crippen LogP contribution >= 0.6 is 0 Å². The molecule has 1 fully saturated rings. The van der Waals surface area contributed by atoms with Crippen molar-refractivity contribution in [2.24, 2.45) is 11.7 Å². The quantitative estimate of drug-likeness (QED) is 0.173. The summed E-state index contributed by atoms with van der Waals surface area (Å²) in [5.41, 5.74) is 5.83. The zero-order chi connectivity index (χ0) is 32.0. The summed E-state index contributed by atoms with van der Waals surface area (Å²) in [4.78, 5) is 51.1. The van der Waals surface area contributed by atoms with Crippen molar-refractivity contribution in [2.75, 3.05) is 4.31 Å². The summed E-state index contributed by atoms with van der Waals surface area (Å²) in [6.07, 6.45) is 5.75. The van der Waals surface area contributed by atoms with Crippen molar-refractivity contribution in [2.45, 2.75) is 81.7 Å². The fraction of sp³-hybridized carbons (Fsp3) is 0.438. The number of hydrogen-bond acceptors (Lipinski definition) is 7. The van der Waals surface area contributed by atoms with E-state index in [0.717, 1.165) is 11.1 Å². The molecular formula is C32H40N4O7S. The number of para-hydroxylation sites is 1. The third kappa shape index (κ3) is 7.54. The Morgan fingerprint density at radius 2 is 1.55 bits per heavy atom. The number of nitrogens with two attached hydrogens (primary N) is 1. The highest BCUT2D eigenvalue weighted by molar-refractivity contribution is 7.92. The van der Waals surface area contributed by atoms with Crippen LogP contribution in [0.5, 0.6) is 0 Å². The summed E-state index contributed by atoms with van der Waals surface area (Å²) in [5, 5.41) is 11.5. The first-order valence-corrected chi connectivity index (χ1v) is 16.3. The molecule has 2 aromatic rings. The normalized spacial score (nSPS) is 22.2. The molecule has 3 atom stereocenters. The van der Waals surface area contributed by atoms with E-state index in [0.29, 0.717) is 49.3 Å². The van der Waals surface area contributed by atoms with E-state index in [1.165, 1.54) is 18.2 Å². The molecular weight excluding hydrogens is 584 g/mol. The summed E-state index contributed by atoms with van der Waals surface area (Å²) < 4.78 is 29.9. The zero-order valence-corrected chi connectivity index (χ0v) is 25.5. The van der Waals surface area contributed by atoms with E-state index < -0.39 is 50.9 Å². The number of aryl methyl sites for hydroxylation is 1. The average molecular weight is 625 g/mol. The van der Waals surface area contributed by atoms with Gasteiger partial charge in [-0.15, -0.1) is 6.58 Å². The Hall–Kier alpha value is -4.03. The summed E-state index contributed by atoms with van der Waals surface area (Å²) in [6, 6.07) is 15.4. The van der Waals surface area contributed by atoms with Gasteiger partial charge in [-0.25, -0.2) is 4.72 Å². The number of nitrogens with one attached hydrogen (secondary N) is 2. The van der Waals surface area contributed by atoms with Crippen molar-refractivity contribution in [1.29, 1.82) is 0 Å². The summed E-state index contributed by atoms with van der Waals surface area (Å²) >= 11 is 0. The molecule has 0 spiro atoms. The molecule has 5 N–H and O–H groups in total. The number of carboxylic acid groups (broad SMARTS) is 1. The Morgan fingerprint density at radius 3 is 2.18 bits per heavy atom. The Morgan fingerprint density at radius 1 is 0.932 bits per heavy atom. The van der Waals surface area contributed by atoms with Crippen LogP contribution in [0.1, 0.15) is 68.9 Å². The number of carbonyl (C=O) groups excluding carboxylic acids is 3. The van der Waals surface area contributed by atoms with Crippen LogP contribution in [0.25, 0.3) is 0 Å². The molecule has 0 radical (unpaired) electrons. The summed E-state index contributed by atoms with van der Waals surface area (Å²) in [7, 11) is -4.72. The van der Waals surface area contributed by atoms with Crippen molar-refractivity contribution in [1.82, 2.24) is 10.0 Å². The predicted octanol–water partition coefficient (Wildman–Crippen LogP) is 3.14. The van der Waals surface area contributed by atoms with Crippen molar-refractivity contribution >= 4 is 39.6 Å². The second-order valence-electron chi connectivity index (χ2n) is 11.7. The third-order valence-corrected chi connectivity index (χ3v) is 9.76. The molecule has 236 valence electrons. The lowest BCUT2D eigenvalue weighted by Crippen LogP contribution is -2.63. The van der Waals surface area contributed by atoms with Crippen LogP contribution in [0.15, 0.2) is 67.3 Å². The molecule has 0 saturated heterocycles. The van der Waals surface area contributed by atoms with Crippen LogP contribution in [0.3, 0.4) is 0 Å². The molecule has 0 aliphatic heterocycles. The Labute approximate surface area is 258 Å². The highest BCUT2D eigenvalue weighted by atomic mass is 32.2. The van der Waals surface area contributed by atoms with Crippen molar-refractivity contribution in [3.05, 3.63) is 78.4 Å². The maximum Gasteiger partial charge on any atom is 0.332 e. The number of carboxylic acids is 1. The van der Waals surface area contributed by atoms with E-state index >= 15 is 0 Å². The van der Waals surface area contributed by atoms with E-state index in [9.17, 15) is 27.6 Å². The fourth-order valence-electron chi connectivity index (χ4n) is 5.73. The number of hydrogen-bond donors (Lipinski definition) is 4. The van der Waals surface area contributed by atoms with Crippen LogP contribution in [0, 0.1) is 5.92 Å². The van der Waals surface area contributed by atoms with Crippen molar-refractivity contribution in [3.8, 4) is 0 Å². The van der Waals surface area contributed by atoms with Gasteiger partial charge >= 0.3 is 16.2 Å². The SMILES string of the molecule is C=C[C@@H]1C[C@]1(NC(=O)C1(N)CCc2ccccc2C1)C(=O)NS(=O)(=O)N(C(=O)CCCCCCCC(=O)O)c1ccccc1. The number of fused-ring (bicyclic) bond motifs is 1. The second-order valence-corrected chi connectivity index (χ2v) is 13.2. The molecule has 11 nitrogen and oxygen atoms in total. The number of aliphatic carboxylic acids is 1. The smallest absolute Gasteiger partial charge is 0.332 e. The van der Waals surface area contributed by atoms with Crippen molar-refractivity contribution in [3.63, 3.8) is 0 Å². The van der Waals surface area contributed by atoms with Crippen LogP contribution in [0.4, 0.5) is 5.69 Å². The molecule has 44 heavy (non-hydrogen) atoms. The van der Waals surface area contributed by atoms with E-state index in [2.05, 4.69) is 11.9 Å². The lowest BCUT2D eigenvalue weighted by atomic mass is 9.78. The molecule has 4 rings (SSSR count). The maximum atomic E-state index is 13.6. The summed E-state index contributed by atoms with van der Waals surface area (Å²) in [5.74, 6) is -3.63. The highest BCUT2D eigenvalue weighted by Crippen LogP contribution is 2.45. The van der Waals surface area contributed by atoms with Gasteiger partial charge in [0.1, 0.15) is 5.54 Å². The minimum Gasteiger partial charge on any atom is -0.481 e. The highest BCUT2D eigenvalue weighted by Gasteiger charge is 2.62. The number of rotatable bonds is 15. The minimum atomic E-state index is -4.72. The standard InChI is InChI=1S/C32H40N4O7S/c1-2-25-22-32(25,34-29(40)31(33)20-19-23-13-11-12-14-24(23)21-31)30(41)35-44(42,43)36(26-15-7-6-8-16-26)27(37)17-9-4-3-5-10-18-28(38)39/h2,6-8,11-16,25H,1,3-5,9-10,17-22,33H2,(H,34,40)(H,35,41)(H,38,39)/t25-,31?,32-/m1/s1. The minimum absolute atomic E-state index is 0.0650. The number of benzene rings is 2. The lowest BCUT2D eigenvalue weighted by Gasteiger charge is -2.35. The molecule has 0 aromatic heterocycles. The third-order valence-electron chi connectivity index (χ3n) is 8.42. The molecule has 3 amide bonds. The zero-order valence-electron chi connectivity index (χ0n) is 24.7. The number of carbonyl (C=O) groups is 4. The summed E-state index contributed by atoms with van der Waals surface area (Å²) in [6.45, 7) is 3.74. The molecule has 2 aliphatic carbocycles. The van der Waals surface area contributed by atoms with Gasteiger partial charge < -0.3 is 16.2 Å². The van der Waals surface area contributed by atoms with Crippen LogP contribution in [0.2, 0.25) is 0 Å².